The SMILES string of the molecule is CC(=O)c1cc(C=CCNC(=O)OCc2ccccc2)ccc1F. The number of rotatable bonds is 6. The second kappa shape index (κ2) is 8.62. The van der Waals surface area contributed by atoms with Gasteiger partial charge in [0, 0.05) is 6.54 Å². The van der Waals surface area contributed by atoms with Gasteiger partial charge in [-0.25, -0.2) is 9.18 Å². The highest BCUT2D eigenvalue weighted by Crippen LogP contribution is 2.12. The van der Waals surface area contributed by atoms with E-state index in [4.69, 9.17) is 4.74 Å². The summed E-state index contributed by atoms with van der Waals surface area (Å²) in [5.41, 5.74) is 1.64. The van der Waals surface area contributed by atoms with Gasteiger partial charge >= 0.3 is 6.09 Å². The van der Waals surface area contributed by atoms with E-state index < -0.39 is 11.9 Å². The molecule has 0 aliphatic heterocycles. The molecule has 2 aromatic rings. The highest BCUT2D eigenvalue weighted by Gasteiger charge is 2.06. The zero-order chi connectivity index (χ0) is 17.4. The molecule has 0 aliphatic rings. The molecule has 124 valence electrons. The number of carbonyl (C=O) groups excluding carboxylic acids is 2. The van der Waals surface area contributed by atoms with Gasteiger partial charge in [-0.2, -0.15) is 0 Å². The van der Waals surface area contributed by atoms with Crippen LogP contribution in [0.2, 0.25) is 0 Å². The minimum absolute atomic E-state index is 0.0485. The predicted molar refractivity (Wildman–Crippen MR) is 90.1 cm³/mol. The molecule has 0 saturated heterocycles. The fourth-order valence-corrected chi connectivity index (χ4v) is 2.03. The van der Waals surface area contributed by atoms with Crippen LogP contribution >= 0.6 is 0 Å². The Kier molecular flexibility index (Phi) is 6.25. The predicted octanol–water partition coefficient (Wildman–Crippen LogP) is 3.97. The number of ether oxygens (including phenoxy) is 1. The van der Waals surface area contributed by atoms with Crippen molar-refractivity contribution in [2.75, 3.05) is 6.54 Å². The number of carbonyl (C=O) groups is 2. The van der Waals surface area contributed by atoms with E-state index in [1.165, 1.54) is 19.1 Å². The van der Waals surface area contributed by atoms with Gasteiger partial charge in [0.25, 0.3) is 0 Å². The summed E-state index contributed by atoms with van der Waals surface area (Å²) in [5.74, 6) is -0.868. The third-order valence-corrected chi connectivity index (χ3v) is 3.26. The summed E-state index contributed by atoms with van der Waals surface area (Å²) in [4.78, 5) is 22.8. The van der Waals surface area contributed by atoms with Crippen molar-refractivity contribution in [1.29, 1.82) is 0 Å². The quantitative estimate of drug-likeness (QED) is 0.817. The Morgan fingerprint density at radius 1 is 1.17 bits per heavy atom. The van der Waals surface area contributed by atoms with Gasteiger partial charge in [0.05, 0.1) is 5.56 Å². The molecule has 0 aromatic heterocycles. The van der Waals surface area contributed by atoms with Gasteiger partial charge in [-0.3, -0.25) is 4.79 Å². The Morgan fingerprint density at radius 3 is 2.62 bits per heavy atom. The van der Waals surface area contributed by atoms with Gasteiger partial charge in [0.1, 0.15) is 12.4 Å². The third-order valence-electron chi connectivity index (χ3n) is 3.26. The molecule has 0 radical (unpaired) electrons. The number of ketones is 1. The first-order valence-corrected chi connectivity index (χ1v) is 7.48. The first-order chi connectivity index (χ1) is 11.6. The third kappa shape index (κ3) is 5.35. The average molecular weight is 327 g/mol. The number of hydrogen-bond donors (Lipinski definition) is 1. The molecule has 24 heavy (non-hydrogen) atoms. The summed E-state index contributed by atoms with van der Waals surface area (Å²) < 4.78 is 18.5. The number of benzene rings is 2. The van der Waals surface area contributed by atoms with E-state index in [2.05, 4.69) is 5.32 Å². The maximum Gasteiger partial charge on any atom is 0.407 e. The van der Waals surface area contributed by atoms with Gasteiger partial charge in [0.2, 0.25) is 0 Å². The van der Waals surface area contributed by atoms with Gasteiger partial charge in [-0.15, -0.1) is 0 Å². The molecule has 0 aliphatic carbocycles. The van der Waals surface area contributed by atoms with Crippen LogP contribution in [0.15, 0.2) is 54.6 Å². The van der Waals surface area contributed by atoms with Gasteiger partial charge in [-0.1, -0.05) is 48.6 Å². The summed E-state index contributed by atoms with van der Waals surface area (Å²) in [6, 6.07) is 13.7. The molecule has 0 bridgehead atoms. The van der Waals surface area contributed by atoms with Gasteiger partial charge in [0.15, 0.2) is 5.78 Å². The molecule has 0 spiro atoms. The first kappa shape index (κ1) is 17.4. The highest BCUT2D eigenvalue weighted by atomic mass is 19.1. The molecule has 0 saturated carbocycles. The Labute approximate surface area is 140 Å². The second-order valence-corrected chi connectivity index (χ2v) is 5.14. The molecule has 0 fully saturated rings. The van der Waals surface area contributed by atoms with Crippen molar-refractivity contribution in [1.82, 2.24) is 5.32 Å². The highest BCUT2D eigenvalue weighted by molar-refractivity contribution is 5.94. The lowest BCUT2D eigenvalue weighted by atomic mass is 10.1. The normalized spacial score (nSPS) is 10.6. The van der Waals surface area contributed by atoms with Crippen molar-refractivity contribution >= 4 is 18.0 Å². The first-order valence-electron chi connectivity index (χ1n) is 7.48. The molecule has 0 heterocycles. The van der Waals surface area contributed by atoms with Crippen molar-refractivity contribution in [2.45, 2.75) is 13.5 Å². The Morgan fingerprint density at radius 2 is 1.92 bits per heavy atom. The van der Waals surface area contributed by atoms with Gasteiger partial charge < -0.3 is 10.1 Å². The molecule has 2 rings (SSSR count). The molecule has 2 aromatic carbocycles. The minimum atomic E-state index is -0.540. The lowest BCUT2D eigenvalue weighted by Crippen LogP contribution is -2.24. The number of hydrogen-bond acceptors (Lipinski definition) is 3. The van der Waals surface area contributed by atoms with Gasteiger partial charge in [-0.05, 0) is 30.2 Å². The zero-order valence-corrected chi connectivity index (χ0v) is 13.3. The van der Waals surface area contributed by atoms with Crippen molar-refractivity contribution in [3.8, 4) is 0 Å². The maximum atomic E-state index is 13.4. The number of nitrogens with one attached hydrogen (secondary N) is 1. The topological polar surface area (TPSA) is 55.4 Å². The van der Waals surface area contributed by atoms with E-state index in [9.17, 15) is 14.0 Å². The fraction of sp³-hybridized carbons (Fsp3) is 0.158. The molecule has 0 unspecified atom stereocenters. The van der Waals surface area contributed by atoms with E-state index in [-0.39, 0.29) is 24.5 Å². The van der Waals surface area contributed by atoms with Crippen molar-refractivity contribution < 1.29 is 18.7 Å². The summed E-state index contributed by atoms with van der Waals surface area (Å²) in [6.45, 7) is 1.78. The lowest BCUT2D eigenvalue weighted by Gasteiger charge is -2.05. The maximum absolute atomic E-state index is 13.4. The van der Waals surface area contributed by atoms with Crippen LogP contribution in [0.25, 0.3) is 6.08 Å². The van der Waals surface area contributed by atoms with Crippen LogP contribution in [0.3, 0.4) is 0 Å². The smallest absolute Gasteiger partial charge is 0.407 e. The van der Waals surface area contributed by atoms with E-state index >= 15 is 0 Å². The standard InChI is InChI=1S/C19H18FNO3/c1-14(22)17-12-15(9-10-18(17)20)8-5-11-21-19(23)24-13-16-6-3-2-4-7-16/h2-10,12H,11,13H2,1H3,(H,21,23). The molecule has 1 N–H and O–H groups in total. The van der Waals surface area contributed by atoms with Crippen molar-refractivity contribution in [2.24, 2.45) is 0 Å². The van der Waals surface area contributed by atoms with Crippen LogP contribution in [-0.4, -0.2) is 18.4 Å². The van der Waals surface area contributed by atoms with Crippen molar-refractivity contribution in [3.05, 3.63) is 77.1 Å². The Balaban J connectivity index is 1.79. The molecular weight excluding hydrogens is 309 g/mol. The van der Waals surface area contributed by atoms with E-state index in [1.807, 2.05) is 30.3 Å². The number of halogens is 1. The van der Waals surface area contributed by atoms with Crippen LogP contribution in [-0.2, 0) is 11.3 Å². The number of amides is 1. The Bertz CT molecular complexity index is 742. The van der Waals surface area contributed by atoms with Crippen LogP contribution in [0.4, 0.5) is 9.18 Å². The van der Waals surface area contributed by atoms with Crippen LogP contribution in [0, 0.1) is 5.82 Å². The zero-order valence-electron chi connectivity index (χ0n) is 13.3. The molecule has 1 amide bonds. The monoisotopic (exact) mass is 327 g/mol. The molecule has 4 nitrogen and oxygen atoms in total. The van der Waals surface area contributed by atoms with Crippen LogP contribution in [0.5, 0.6) is 0 Å². The van der Waals surface area contributed by atoms with Crippen LogP contribution in [0.1, 0.15) is 28.4 Å². The summed E-state index contributed by atoms with van der Waals surface area (Å²) in [7, 11) is 0. The van der Waals surface area contributed by atoms with E-state index in [1.54, 1.807) is 18.2 Å². The molecule has 5 heteroatoms. The number of alkyl carbamates (subject to hydrolysis) is 1. The number of Topliss-reactive ketones (excluding diaryl/α,β-unsaturated/α-hetero) is 1. The van der Waals surface area contributed by atoms with E-state index in [0.717, 1.165) is 5.56 Å². The summed E-state index contributed by atoms with van der Waals surface area (Å²) >= 11 is 0. The minimum Gasteiger partial charge on any atom is -0.445 e. The lowest BCUT2D eigenvalue weighted by molar-refractivity contribution is 0.101. The van der Waals surface area contributed by atoms with Crippen LogP contribution < -0.4 is 5.32 Å². The van der Waals surface area contributed by atoms with E-state index in [0.29, 0.717) is 5.56 Å². The summed E-state index contributed by atoms with van der Waals surface area (Å²) in [6.07, 6.45) is 2.87. The summed E-state index contributed by atoms with van der Waals surface area (Å²) in [5, 5.41) is 2.58. The van der Waals surface area contributed by atoms with Crippen molar-refractivity contribution in [3.63, 3.8) is 0 Å². The fourth-order valence-electron chi connectivity index (χ4n) is 2.03. The Hall–Kier alpha value is -2.95. The molecule has 0 atom stereocenters. The average Bonchev–Trinajstić information content (AvgIpc) is 2.59. The largest absolute Gasteiger partial charge is 0.445 e. The molecular formula is C19H18FNO3. The second-order valence-electron chi connectivity index (χ2n) is 5.14.